The molecular formula is C19H24ClNO2. The van der Waals surface area contributed by atoms with E-state index in [2.05, 4.69) is 25.2 Å². The Morgan fingerprint density at radius 2 is 1.74 bits per heavy atom. The number of halogens is 1. The Hall–Kier alpha value is -1.71. The fourth-order valence-corrected chi connectivity index (χ4v) is 2.25. The van der Waals surface area contributed by atoms with Gasteiger partial charge in [0.1, 0.15) is 6.61 Å². The molecule has 0 heterocycles. The molecule has 2 aromatic carbocycles. The molecule has 4 heteroatoms. The van der Waals surface area contributed by atoms with Crippen molar-refractivity contribution in [1.82, 2.24) is 5.32 Å². The quantitative estimate of drug-likeness (QED) is 0.751. The maximum atomic E-state index is 5.89. The maximum absolute atomic E-state index is 5.89. The zero-order valence-corrected chi connectivity index (χ0v) is 14.7. The second-order valence-corrected chi connectivity index (χ2v) is 6.03. The summed E-state index contributed by atoms with van der Waals surface area (Å²) in [7, 11) is 1.66. The molecule has 0 aliphatic carbocycles. The minimum absolute atomic E-state index is 0.484. The zero-order chi connectivity index (χ0) is 16.7. The van der Waals surface area contributed by atoms with Crippen molar-refractivity contribution in [3.8, 4) is 11.5 Å². The Kier molecular flexibility index (Phi) is 6.75. The highest BCUT2D eigenvalue weighted by molar-refractivity contribution is 6.30. The highest BCUT2D eigenvalue weighted by atomic mass is 35.5. The van der Waals surface area contributed by atoms with Gasteiger partial charge in [0.25, 0.3) is 0 Å². The third-order valence-electron chi connectivity index (χ3n) is 3.80. The number of hydrogen-bond donors (Lipinski definition) is 1. The zero-order valence-electron chi connectivity index (χ0n) is 13.9. The molecule has 2 aromatic rings. The maximum Gasteiger partial charge on any atom is 0.161 e. The normalized spacial score (nSPS) is 12.0. The number of ether oxygens (including phenoxy) is 2. The fourth-order valence-electron chi connectivity index (χ4n) is 2.12. The molecule has 0 aliphatic rings. The standard InChI is InChI=1S/C19H24ClNO2/c1-4-14(2)21-12-16-7-10-18(19(11-16)22-3)23-13-15-5-8-17(20)9-6-15/h5-11,14,21H,4,12-13H2,1-3H3/t14-/m1/s1. The van der Waals surface area contributed by atoms with Crippen LogP contribution >= 0.6 is 11.6 Å². The van der Waals surface area contributed by atoms with Crippen LogP contribution in [0.2, 0.25) is 5.02 Å². The number of methoxy groups -OCH3 is 1. The molecule has 0 unspecified atom stereocenters. The molecule has 0 aromatic heterocycles. The Labute approximate surface area is 143 Å². The highest BCUT2D eigenvalue weighted by Gasteiger charge is 2.07. The van der Waals surface area contributed by atoms with Gasteiger partial charge in [0, 0.05) is 17.6 Å². The molecule has 0 fully saturated rings. The van der Waals surface area contributed by atoms with E-state index in [1.54, 1.807) is 7.11 Å². The van der Waals surface area contributed by atoms with Crippen molar-refractivity contribution < 1.29 is 9.47 Å². The summed E-state index contributed by atoms with van der Waals surface area (Å²) in [5.74, 6) is 1.50. The molecule has 0 radical (unpaired) electrons. The van der Waals surface area contributed by atoms with E-state index in [4.69, 9.17) is 21.1 Å². The number of hydrogen-bond acceptors (Lipinski definition) is 3. The van der Waals surface area contributed by atoms with Gasteiger partial charge in [-0.05, 0) is 48.7 Å². The third-order valence-corrected chi connectivity index (χ3v) is 4.05. The Morgan fingerprint density at radius 3 is 2.39 bits per heavy atom. The first kappa shape index (κ1) is 17.6. The first-order valence-electron chi connectivity index (χ1n) is 7.90. The van der Waals surface area contributed by atoms with Crippen molar-refractivity contribution in [2.75, 3.05) is 7.11 Å². The molecule has 2 rings (SSSR count). The van der Waals surface area contributed by atoms with Gasteiger partial charge in [-0.25, -0.2) is 0 Å². The van der Waals surface area contributed by atoms with Crippen molar-refractivity contribution in [1.29, 1.82) is 0 Å². The van der Waals surface area contributed by atoms with Crippen molar-refractivity contribution in [2.24, 2.45) is 0 Å². The van der Waals surface area contributed by atoms with Crippen molar-refractivity contribution in [3.05, 3.63) is 58.6 Å². The molecule has 1 N–H and O–H groups in total. The second-order valence-electron chi connectivity index (χ2n) is 5.59. The fraction of sp³-hybridized carbons (Fsp3) is 0.368. The van der Waals surface area contributed by atoms with E-state index in [9.17, 15) is 0 Å². The summed E-state index contributed by atoms with van der Waals surface area (Å²) in [6.45, 7) is 5.66. The lowest BCUT2D eigenvalue weighted by Gasteiger charge is -2.14. The average molecular weight is 334 g/mol. The molecular weight excluding hydrogens is 310 g/mol. The molecule has 0 bridgehead atoms. The Morgan fingerprint density at radius 1 is 1.04 bits per heavy atom. The van der Waals surface area contributed by atoms with Crippen LogP contribution in [0.15, 0.2) is 42.5 Å². The molecule has 0 aliphatic heterocycles. The van der Waals surface area contributed by atoms with Crippen LogP contribution in [0.4, 0.5) is 0 Å². The van der Waals surface area contributed by atoms with E-state index in [-0.39, 0.29) is 0 Å². The number of rotatable bonds is 8. The molecule has 1 atom stereocenters. The van der Waals surface area contributed by atoms with Gasteiger partial charge in [-0.2, -0.15) is 0 Å². The Bertz CT molecular complexity index is 613. The summed E-state index contributed by atoms with van der Waals surface area (Å²) in [5.41, 5.74) is 2.25. The smallest absolute Gasteiger partial charge is 0.161 e. The largest absolute Gasteiger partial charge is 0.493 e. The van der Waals surface area contributed by atoms with Crippen molar-refractivity contribution in [2.45, 2.75) is 39.5 Å². The van der Waals surface area contributed by atoms with E-state index in [1.165, 1.54) is 5.56 Å². The summed E-state index contributed by atoms with van der Waals surface area (Å²) >= 11 is 5.89. The lowest BCUT2D eigenvalue weighted by Crippen LogP contribution is -2.24. The lowest BCUT2D eigenvalue weighted by molar-refractivity contribution is 0.284. The predicted molar refractivity (Wildman–Crippen MR) is 95.4 cm³/mol. The molecule has 3 nitrogen and oxygen atoms in total. The van der Waals surface area contributed by atoms with E-state index < -0.39 is 0 Å². The van der Waals surface area contributed by atoms with Gasteiger partial charge in [0.05, 0.1) is 7.11 Å². The van der Waals surface area contributed by atoms with Crippen LogP contribution in [0.5, 0.6) is 11.5 Å². The summed E-state index contributed by atoms with van der Waals surface area (Å²) < 4.78 is 11.3. The predicted octanol–water partition coefficient (Wildman–Crippen LogP) is 4.82. The van der Waals surface area contributed by atoms with E-state index in [0.29, 0.717) is 12.6 Å². The van der Waals surface area contributed by atoms with Crippen LogP contribution in [-0.4, -0.2) is 13.2 Å². The average Bonchev–Trinajstić information content (AvgIpc) is 2.59. The SMILES string of the molecule is CC[C@@H](C)NCc1ccc(OCc2ccc(Cl)cc2)c(OC)c1. The molecule has 0 amide bonds. The Balaban J connectivity index is 1.99. The molecule has 0 saturated heterocycles. The highest BCUT2D eigenvalue weighted by Crippen LogP contribution is 2.29. The van der Waals surface area contributed by atoms with Gasteiger partial charge in [0.2, 0.25) is 0 Å². The minimum atomic E-state index is 0.484. The molecule has 0 spiro atoms. The first-order chi connectivity index (χ1) is 11.1. The third kappa shape index (κ3) is 5.45. The monoisotopic (exact) mass is 333 g/mol. The topological polar surface area (TPSA) is 30.5 Å². The van der Waals surface area contributed by atoms with Gasteiger partial charge in [-0.3, -0.25) is 0 Å². The van der Waals surface area contributed by atoms with Crippen LogP contribution in [0.3, 0.4) is 0 Å². The van der Waals surface area contributed by atoms with Crippen molar-refractivity contribution >= 4 is 11.6 Å². The molecule has 124 valence electrons. The first-order valence-corrected chi connectivity index (χ1v) is 8.27. The van der Waals surface area contributed by atoms with Gasteiger partial charge in [-0.15, -0.1) is 0 Å². The van der Waals surface area contributed by atoms with Gasteiger partial charge in [-0.1, -0.05) is 36.7 Å². The van der Waals surface area contributed by atoms with Crippen LogP contribution < -0.4 is 14.8 Å². The van der Waals surface area contributed by atoms with Gasteiger partial charge >= 0.3 is 0 Å². The van der Waals surface area contributed by atoms with E-state index >= 15 is 0 Å². The van der Waals surface area contributed by atoms with Crippen LogP contribution in [0.25, 0.3) is 0 Å². The summed E-state index contributed by atoms with van der Waals surface area (Å²) in [4.78, 5) is 0. The molecule has 23 heavy (non-hydrogen) atoms. The minimum Gasteiger partial charge on any atom is -0.493 e. The van der Waals surface area contributed by atoms with Crippen LogP contribution in [-0.2, 0) is 13.2 Å². The van der Waals surface area contributed by atoms with Gasteiger partial charge < -0.3 is 14.8 Å². The van der Waals surface area contributed by atoms with E-state index in [0.717, 1.165) is 35.1 Å². The number of nitrogens with one attached hydrogen (secondary N) is 1. The van der Waals surface area contributed by atoms with Crippen molar-refractivity contribution in [3.63, 3.8) is 0 Å². The molecule has 0 saturated carbocycles. The van der Waals surface area contributed by atoms with Crippen LogP contribution in [0, 0.1) is 0 Å². The lowest BCUT2D eigenvalue weighted by atomic mass is 10.1. The number of benzene rings is 2. The summed E-state index contributed by atoms with van der Waals surface area (Å²) in [5, 5.41) is 4.20. The summed E-state index contributed by atoms with van der Waals surface area (Å²) in [6.07, 6.45) is 1.11. The van der Waals surface area contributed by atoms with Gasteiger partial charge in [0.15, 0.2) is 11.5 Å². The second kappa shape index (κ2) is 8.80. The van der Waals surface area contributed by atoms with E-state index in [1.807, 2.05) is 36.4 Å². The summed E-state index contributed by atoms with van der Waals surface area (Å²) in [6, 6.07) is 14.2. The van der Waals surface area contributed by atoms with Crippen LogP contribution in [0.1, 0.15) is 31.4 Å².